The lowest BCUT2D eigenvalue weighted by Gasteiger charge is -2.35. The third-order valence-electron chi connectivity index (χ3n) is 4.64. The fourth-order valence-electron chi connectivity index (χ4n) is 3.36. The van der Waals surface area contributed by atoms with E-state index in [1.807, 2.05) is 7.05 Å². The van der Waals surface area contributed by atoms with Crippen molar-refractivity contribution in [1.82, 2.24) is 10.2 Å². The summed E-state index contributed by atoms with van der Waals surface area (Å²) in [5.74, 6) is -0.159. The van der Waals surface area contributed by atoms with Gasteiger partial charge in [0.1, 0.15) is 11.6 Å². The highest BCUT2D eigenvalue weighted by Crippen LogP contribution is 2.29. The van der Waals surface area contributed by atoms with Crippen molar-refractivity contribution in [3.05, 3.63) is 29.0 Å². The third-order valence-corrected chi connectivity index (χ3v) is 4.93. The van der Waals surface area contributed by atoms with Gasteiger partial charge >= 0.3 is 0 Å². The summed E-state index contributed by atoms with van der Waals surface area (Å²) in [6.07, 6.45) is 4.41. The van der Waals surface area contributed by atoms with Crippen LogP contribution in [-0.2, 0) is 4.79 Å². The van der Waals surface area contributed by atoms with Crippen LogP contribution < -0.4 is 10.1 Å². The number of piperidine rings is 1. The lowest BCUT2D eigenvalue weighted by molar-refractivity contribution is -0.134. The summed E-state index contributed by atoms with van der Waals surface area (Å²) in [6, 6.07) is 5.43. The van der Waals surface area contributed by atoms with E-state index in [4.69, 9.17) is 16.3 Å². The Morgan fingerprint density at radius 3 is 2.73 bits per heavy atom. The molecule has 2 saturated heterocycles. The van der Waals surface area contributed by atoms with E-state index in [2.05, 4.69) is 5.32 Å². The summed E-state index contributed by atoms with van der Waals surface area (Å²) < 4.78 is 18.5. The van der Waals surface area contributed by atoms with E-state index in [0.717, 1.165) is 12.8 Å². The molecule has 2 aliphatic heterocycles. The zero-order valence-corrected chi connectivity index (χ0v) is 13.3. The quantitative estimate of drug-likeness (QED) is 0.924. The smallest absolute Gasteiger partial charge is 0.260 e. The van der Waals surface area contributed by atoms with Gasteiger partial charge in [-0.3, -0.25) is 4.79 Å². The molecule has 2 unspecified atom stereocenters. The summed E-state index contributed by atoms with van der Waals surface area (Å²) in [5.41, 5.74) is 0. The van der Waals surface area contributed by atoms with Crippen molar-refractivity contribution in [2.24, 2.45) is 0 Å². The zero-order valence-electron chi connectivity index (χ0n) is 12.5. The zero-order chi connectivity index (χ0) is 15.7. The highest BCUT2D eigenvalue weighted by molar-refractivity contribution is 6.30. The Kier molecular flexibility index (Phi) is 4.54. The number of fused-ring (bicyclic) bond motifs is 2. The Hall–Kier alpha value is -1.33. The molecule has 120 valence electrons. The van der Waals surface area contributed by atoms with Gasteiger partial charge in [-0.2, -0.15) is 0 Å². The summed E-state index contributed by atoms with van der Waals surface area (Å²) in [4.78, 5) is 14.1. The molecule has 0 aliphatic carbocycles. The number of rotatable bonds is 4. The molecule has 1 aromatic rings. The van der Waals surface area contributed by atoms with E-state index in [1.165, 1.54) is 31.0 Å². The maximum Gasteiger partial charge on any atom is 0.260 e. The SMILES string of the molecule is CN(C(=O)COc1ccc(F)c(Cl)c1)C1CC2CCC(C1)N2. The fraction of sp³-hybridized carbons (Fsp3) is 0.562. The number of halogens is 2. The van der Waals surface area contributed by atoms with Crippen molar-refractivity contribution >= 4 is 17.5 Å². The minimum Gasteiger partial charge on any atom is -0.484 e. The Morgan fingerprint density at radius 2 is 2.09 bits per heavy atom. The van der Waals surface area contributed by atoms with Gasteiger partial charge in [0.2, 0.25) is 0 Å². The van der Waals surface area contributed by atoms with E-state index in [0.29, 0.717) is 17.8 Å². The summed E-state index contributed by atoms with van der Waals surface area (Å²) in [5, 5.41) is 3.56. The molecule has 0 spiro atoms. The topological polar surface area (TPSA) is 41.6 Å². The van der Waals surface area contributed by atoms with Gasteiger partial charge in [-0.1, -0.05) is 11.6 Å². The lowest BCUT2D eigenvalue weighted by Crippen LogP contribution is -2.49. The van der Waals surface area contributed by atoms with E-state index in [1.54, 1.807) is 4.90 Å². The van der Waals surface area contributed by atoms with Gasteiger partial charge in [-0.25, -0.2) is 4.39 Å². The molecular weight excluding hydrogens is 307 g/mol. The minimum absolute atomic E-state index is 0.00627. The molecule has 2 fully saturated rings. The van der Waals surface area contributed by atoms with Crippen molar-refractivity contribution in [3.8, 4) is 5.75 Å². The van der Waals surface area contributed by atoms with Crippen LogP contribution in [-0.4, -0.2) is 42.6 Å². The third kappa shape index (κ3) is 3.36. The molecule has 2 bridgehead atoms. The molecule has 2 aliphatic rings. The van der Waals surface area contributed by atoms with Crippen molar-refractivity contribution < 1.29 is 13.9 Å². The number of hydrogen-bond donors (Lipinski definition) is 1. The highest BCUT2D eigenvalue weighted by Gasteiger charge is 2.36. The van der Waals surface area contributed by atoms with Crippen LogP contribution in [0.1, 0.15) is 25.7 Å². The predicted molar refractivity (Wildman–Crippen MR) is 82.6 cm³/mol. The molecule has 0 saturated carbocycles. The van der Waals surface area contributed by atoms with Crippen LogP contribution in [0.5, 0.6) is 5.75 Å². The molecule has 0 radical (unpaired) electrons. The number of carbonyl (C=O) groups is 1. The second kappa shape index (κ2) is 6.42. The minimum atomic E-state index is -0.498. The Morgan fingerprint density at radius 1 is 1.41 bits per heavy atom. The summed E-state index contributed by atoms with van der Waals surface area (Å²) in [7, 11) is 1.83. The van der Waals surface area contributed by atoms with Crippen molar-refractivity contribution in [3.63, 3.8) is 0 Å². The summed E-state index contributed by atoms with van der Waals surface area (Å²) >= 11 is 5.70. The standard InChI is InChI=1S/C16H20ClFN2O2/c1-20(12-6-10-2-3-11(7-12)19-10)16(21)9-22-13-4-5-15(18)14(17)8-13/h4-5,8,10-12,19H,2-3,6-7,9H2,1H3. The van der Waals surface area contributed by atoms with Gasteiger partial charge in [0, 0.05) is 31.2 Å². The maximum atomic E-state index is 13.1. The first-order chi connectivity index (χ1) is 10.5. The molecule has 1 amide bonds. The largest absolute Gasteiger partial charge is 0.484 e. The first-order valence-corrected chi connectivity index (χ1v) is 8.00. The van der Waals surface area contributed by atoms with Crippen LogP contribution >= 0.6 is 11.6 Å². The molecular formula is C16H20ClFN2O2. The van der Waals surface area contributed by atoms with Crippen LogP contribution in [0, 0.1) is 5.82 Å². The van der Waals surface area contributed by atoms with Gasteiger partial charge < -0.3 is 15.0 Å². The Bertz CT molecular complexity index is 557. The average Bonchev–Trinajstić information content (AvgIpc) is 2.85. The number of benzene rings is 1. The maximum absolute atomic E-state index is 13.1. The molecule has 1 aromatic carbocycles. The molecule has 6 heteroatoms. The van der Waals surface area contributed by atoms with E-state index in [-0.39, 0.29) is 23.6 Å². The van der Waals surface area contributed by atoms with Gasteiger partial charge in [0.25, 0.3) is 5.91 Å². The van der Waals surface area contributed by atoms with Gasteiger partial charge in [0.15, 0.2) is 6.61 Å². The summed E-state index contributed by atoms with van der Waals surface area (Å²) in [6.45, 7) is -0.0578. The number of ether oxygens (including phenoxy) is 1. The molecule has 3 rings (SSSR count). The van der Waals surface area contributed by atoms with Crippen LogP contribution in [0.15, 0.2) is 18.2 Å². The first kappa shape index (κ1) is 15.6. The van der Waals surface area contributed by atoms with E-state index >= 15 is 0 Å². The number of amides is 1. The molecule has 0 aromatic heterocycles. The Labute approximate surface area is 134 Å². The van der Waals surface area contributed by atoms with E-state index < -0.39 is 5.82 Å². The molecule has 22 heavy (non-hydrogen) atoms. The molecule has 2 heterocycles. The number of carbonyl (C=O) groups excluding carboxylic acids is 1. The first-order valence-electron chi connectivity index (χ1n) is 7.62. The van der Waals surface area contributed by atoms with Gasteiger partial charge in [-0.05, 0) is 37.8 Å². The number of likely N-dealkylation sites (N-methyl/N-ethyl adjacent to an activating group) is 1. The van der Waals surface area contributed by atoms with Gasteiger partial charge in [0.05, 0.1) is 5.02 Å². The van der Waals surface area contributed by atoms with Crippen LogP contribution in [0.4, 0.5) is 4.39 Å². The molecule has 4 nitrogen and oxygen atoms in total. The van der Waals surface area contributed by atoms with Crippen LogP contribution in [0.2, 0.25) is 5.02 Å². The number of nitrogens with zero attached hydrogens (tertiary/aromatic N) is 1. The van der Waals surface area contributed by atoms with Crippen molar-refractivity contribution in [1.29, 1.82) is 0 Å². The average molecular weight is 327 g/mol. The molecule has 2 atom stereocenters. The lowest BCUT2D eigenvalue weighted by atomic mass is 9.98. The second-order valence-electron chi connectivity index (χ2n) is 6.13. The van der Waals surface area contributed by atoms with Crippen molar-refractivity contribution in [2.45, 2.75) is 43.8 Å². The Balaban J connectivity index is 1.53. The molecule has 1 N–H and O–H groups in total. The highest BCUT2D eigenvalue weighted by atomic mass is 35.5. The van der Waals surface area contributed by atoms with Gasteiger partial charge in [-0.15, -0.1) is 0 Å². The second-order valence-corrected chi connectivity index (χ2v) is 6.54. The normalized spacial score (nSPS) is 26.8. The fourth-order valence-corrected chi connectivity index (χ4v) is 3.53. The number of nitrogens with one attached hydrogen (secondary N) is 1. The monoisotopic (exact) mass is 326 g/mol. The predicted octanol–water partition coefficient (Wildman–Crippen LogP) is 2.60. The van der Waals surface area contributed by atoms with Crippen molar-refractivity contribution in [2.75, 3.05) is 13.7 Å². The van der Waals surface area contributed by atoms with E-state index in [9.17, 15) is 9.18 Å². The number of hydrogen-bond acceptors (Lipinski definition) is 3. The van der Waals surface area contributed by atoms with Crippen LogP contribution in [0.25, 0.3) is 0 Å². The van der Waals surface area contributed by atoms with Crippen LogP contribution in [0.3, 0.4) is 0 Å².